The molecule has 17 heavy (non-hydrogen) atoms. The Morgan fingerprint density at radius 1 is 1.41 bits per heavy atom. The van der Waals surface area contributed by atoms with Gasteiger partial charge < -0.3 is 15.5 Å². The van der Waals surface area contributed by atoms with Crippen LogP contribution in [0.3, 0.4) is 0 Å². The standard InChI is InChI=1S/C13H27N3O/c1-5-8-15-13(17)12(4)14-9-11-16(7-3)10-6-2/h5,12,14H,1,6-11H2,2-4H3,(H,15,17). The molecular weight excluding hydrogens is 214 g/mol. The van der Waals surface area contributed by atoms with Crippen LogP contribution < -0.4 is 10.6 Å². The highest BCUT2D eigenvalue weighted by atomic mass is 16.2. The van der Waals surface area contributed by atoms with Gasteiger partial charge >= 0.3 is 0 Å². The third-order valence-corrected chi connectivity index (χ3v) is 2.68. The number of rotatable bonds is 10. The molecule has 0 aromatic carbocycles. The molecule has 1 unspecified atom stereocenters. The molecule has 1 amide bonds. The first kappa shape index (κ1) is 16.1. The van der Waals surface area contributed by atoms with Crippen molar-refractivity contribution in [1.82, 2.24) is 15.5 Å². The van der Waals surface area contributed by atoms with Crippen LogP contribution in [0.5, 0.6) is 0 Å². The average molecular weight is 241 g/mol. The molecular formula is C13H27N3O. The smallest absolute Gasteiger partial charge is 0.237 e. The largest absolute Gasteiger partial charge is 0.351 e. The number of hydrogen-bond donors (Lipinski definition) is 2. The van der Waals surface area contributed by atoms with E-state index in [1.165, 1.54) is 6.42 Å². The van der Waals surface area contributed by atoms with Gasteiger partial charge in [-0.15, -0.1) is 6.58 Å². The summed E-state index contributed by atoms with van der Waals surface area (Å²) in [7, 11) is 0. The highest BCUT2D eigenvalue weighted by molar-refractivity contribution is 5.81. The van der Waals surface area contributed by atoms with E-state index in [9.17, 15) is 4.79 Å². The lowest BCUT2D eigenvalue weighted by atomic mass is 10.3. The molecule has 0 aliphatic heterocycles. The summed E-state index contributed by atoms with van der Waals surface area (Å²) in [4.78, 5) is 13.9. The summed E-state index contributed by atoms with van der Waals surface area (Å²) in [5.41, 5.74) is 0. The Kier molecular flexibility index (Phi) is 9.77. The van der Waals surface area contributed by atoms with E-state index in [2.05, 4.69) is 36.0 Å². The minimum absolute atomic E-state index is 0.0310. The second-order valence-electron chi connectivity index (χ2n) is 4.14. The molecule has 0 radical (unpaired) electrons. The Morgan fingerprint density at radius 3 is 2.65 bits per heavy atom. The van der Waals surface area contributed by atoms with Gasteiger partial charge in [0.05, 0.1) is 6.04 Å². The maximum absolute atomic E-state index is 11.5. The Morgan fingerprint density at radius 2 is 2.12 bits per heavy atom. The van der Waals surface area contributed by atoms with Crippen molar-refractivity contribution < 1.29 is 4.79 Å². The number of likely N-dealkylation sites (N-methyl/N-ethyl adjacent to an activating group) is 1. The number of carbonyl (C=O) groups is 1. The van der Waals surface area contributed by atoms with Crippen molar-refractivity contribution in [3.8, 4) is 0 Å². The molecule has 0 rings (SSSR count). The molecule has 0 aromatic heterocycles. The molecule has 4 nitrogen and oxygen atoms in total. The summed E-state index contributed by atoms with van der Waals surface area (Å²) < 4.78 is 0. The van der Waals surface area contributed by atoms with E-state index in [1.54, 1.807) is 6.08 Å². The number of carbonyl (C=O) groups excluding carboxylic acids is 1. The van der Waals surface area contributed by atoms with E-state index in [0.29, 0.717) is 6.54 Å². The molecule has 0 bridgehead atoms. The van der Waals surface area contributed by atoms with Gasteiger partial charge in [0.15, 0.2) is 0 Å². The summed E-state index contributed by atoms with van der Waals surface area (Å²) >= 11 is 0. The third kappa shape index (κ3) is 7.94. The maximum Gasteiger partial charge on any atom is 0.237 e. The van der Waals surface area contributed by atoms with Crippen molar-refractivity contribution in [3.05, 3.63) is 12.7 Å². The fourth-order valence-corrected chi connectivity index (χ4v) is 1.60. The van der Waals surface area contributed by atoms with E-state index in [4.69, 9.17) is 0 Å². The highest BCUT2D eigenvalue weighted by Gasteiger charge is 2.10. The molecule has 2 N–H and O–H groups in total. The quantitative estimate of drug-likeness (QED) is 0.561. The van der Waals surface area contributed by atoms with Crippen molar-refractivity contribution >= 4 is 5.91 Å². The second-order valence-corrected chi connectivity index (χ2v) is 4.14. The Labute approximate surface area is 105 Å². The van der Waals surface area contributed by atoms with E-state index in [0.717, 1.165) is 26.2 Å². The van der Waals surface area contributed by atoms with Crippen LogP contribution in [-0.4, -0.2) is 49.6 Å². The van der Waals surface area contributed by atoms with Crippen molar-refractivity contribution in [3.63, 3.8) is 0 Å². The normalized spacial score (nSPS) is 12.5. The van der Waals surface area contributed by atoms with Gasteiger partial charge in [0.2, 0.25) is 5.91 Å². The van der Waals surface area contributed by atoms with Gasteiger partial charge in [-0.1, -0.05) is 19.9 Å². The molecule has 0 saturated heterocycles. The van der Waals surface area contributed by atoms with Crippen molar-refractivity contribution in [2.24, 2.45) is 0 Å². The van der Waals surface area contributed by atoms with Crippen molar-refractivity contribution in [2.75, 3.05) is 32.7 Å². The Balaban J connectivity index is 3.71. The number of nitrogens with zero attached hydrogens (tertiary/aromatic N) is 1. The van der Waals surface area contributed by atoms with Gasteiger partial charge in [0.25, 0.3) is 0 Å². The predicted molar refractivity (Wildman–Crippen MR) is 73.1 cm³/mol. The summed E-state index contributed by atoms with van der Waals surface area (Å²) in [6.07, 6.45) is 2.86. The maximum atomic E-state index is 11.5. The Hall–Kier alpha value is -0.870. The van der Waals surface area contributed by atoms with Crippen LogP contribution in [-0.2, 0) is 4.79 Å². The molecule has 4 heteroatoms. The van der Waals surface area contributed by atoms with Crippen LogP contribution in [0.1, 0.15) is 27.2 Å². The zero-order valence-corrected chi connectivity index (χ0v) is 11.5. The van der Waals surface area contributed by atoms with E-state index in [-0.39, 0.29) is 11.9 Å². The highest BCUT2D eigenvalue weighted by Crippen LogP contribution is 1.90. The van der Waals surface area contributed by atoms with Crippen molar-refractivity contribution in [2.45, 2.75) is 33.2 Å². The molecule has 0 saturated carbocycles. The molecule has 1 atom stereocenters. The van der Waals surface area contributed by atoms with E-state index < -0.39 is 0 Å². The summed E-state index contributed by atoms with van der Waals surface area (Å²) in [6.45, 7) is 14.3. The summed E-state index contributed by atoms with van der Waals surface area (Å²) in [5, 5.41) is 6.00. The zero-order chi connectivity index (χ0) is 13.1. The topological polar surface area (TPSA) is 44.4 Å². The molecule has 100 valence electrons. The lowest BCUT2D eigenvalue weighted by Crippen LogP contribution is -2.44. The van der Waals surface area contributed by atoms with Gasteiger partial charge in [-0.3, -0.25) is 4.79 Å². The van der Waals surface area contributed by atoms with E-state index >= 15 is 0 Å². The first-order valence-corrected chi connectivity index (χ1v) is 6.50. The number of hydrogen-bond acceptors (Lipinski definition) is 3. The minimum Gasteiger partial charge on any atom is -0.351 e. The number of amides is 1. The van der Waals surface area contributed by atoms with Crippen LogP contribution in [0.4, 0.5) is 0 Å². The van der Waals surface area contributed by atoms with Crippen LogP contribution in [0.25, 0.3) is 0 Å². The fraction of sp³-hybridized carbons (Fsp3) is 0.769. The van der Waals surface area contributed by atoms with Gasteiger partial charge in [-0.2, -0.15) is 0 Å². The first-order valence-electron chi connectivity index (χ1n) is 6.50. The third-order valence-electron chi connectivity index (χ3n) is 2.68. The van der Waals surface area contributed by atoms with Crippen LogP contribution >= 0.6 is 0 Å². The van der Waals surface area contributed by atoms with Gasteiger partial charge in [-0.25, -0.2) is 0 Å². The number of nitrogens with one attached hydrogen (secondary N) is 2. The average Bonchev–Trinajstić information content (AvgIpc) is 2.34. The zero-order valence-electron chi connectivity index (χ0n) is 11.5. The lowest BCUT2D eigenvalue weighted by Gasteiger charge is -2.21. The minimum atomic E-state index is -0.143. The molecule has 0 aliphatic rings. The fourth-order valence-electron chi connectivity index (χ4n) is 1.60. The van der Waals surface area contributed by atoms with Gasteiger partial charge in [0.1, 0.15) is 0 Å². The van der Waals surface area contributed by atoms with Gasteiger partial charge in [0, 0.05) is 19.6 Å². The second kappa shape index (κ2) is 10.3. The van der Waals surface area contributed by atoms with Gasteiger partial charge in [-0.05, 0) is 26.4 Å². The monoisotopic (exact) mass is 241 g/mol. The molecule has 0 heterocycles. The van der Waals surface area contributed by atoms with Crippen molar-refractivity contribution in [1.29, 1.82) is 0 Å². The lowest BCUT2D eigenvalue weighted by molar-refractivity contribution is -0.122. The van der Waals surface area contributed by atoms with E-state index in [1.807, 2.05) is 6.92 Å². The van der Waals surface area contributed by atoms with Crippen LogP contribution in [0.15, 0.2) is 12.7 Å². The van der Waals surface area contributed by atoms with Crippen LogP contribution in [0.2, 0.25) is 0 Å². The predicted octanol–water partition coefficient (Wildman–Crippen LogP) is 0.999. The first-order chi connectivity index (χ1) is 8.15. The summed E-state index contributed by atoms with van der Waals surface area (Å²) in [6, 6.07) is -0.143. The van der Waals surface area contributed by atoms with Crippen LogP contribution in [0, 0.1) is 0 Å². The summed E-state index contributed by atoms with van der Waals surface area (Å²) in [5.74, 6) is 0.0310. The molecule has 0 aliphatic carbocycles. The SMILES string of the molecule is C=CCNC(=O)C(C)NCCN(CC)CCC. The Bertz CT molecular complexity index is 219. The molecule has 0 spiro atoms. The molecule has 0 fully saturated rings. The molecule has 0 aromatic rings.